The molecule has 0 fully saturated rings. The molecule has 0 saturated carbocycles. The molecule has 0 radical (unpaired) electrons. The Labute approximate surface area is 127 Å². The number of aryl methyl sites for hydroxylation is 1. The smallest absolute Gasteiger partial charge is 0.295 e. The fraction of sp³-hybridized carbons (Fsp3) is 0.176. The molecule has 0 aliphatic heterocycles. The average Bonchev–Trinajstić information content (AvgIpc) is 3.09. The van der Waals surface area contributed by atoms with Crippen LogP contribution in [-0.4, -0.2) is 20.9 Å². The fourth-order valence-electron chi connectivity index (χ4n) is 2.53. The Morgan fingerprint density at radius 3 is 2.95 bits per heavy atom. The molecule has 1 aromatic carbocycles. The van der Waals surface area contributed by atoms with Crippen LogP contribution in [0.3, 0.4) is 0 Å². The SMILES string of the molecule is CCNc1nc2ccc(-c3cn4ccc(C)cc4n3)cc2o1. The molecule has 4 rings (SSSR count). The molecule has 0 bridgehead atoms. The summed E-state index contributed by atoms with van der Waals surface area (Å²) in [7, 11) is 0. The highest BCUT2D eigenvalue weighted by Gasteiger charge is 2.09. The van der Waals surface area contributed by atoms with Crippen molar-refractivity contribution in [3.05, 3.63) is 48.3 Å². The first kappa shape index (κ1) is 12.9. The molecule has 22 heavy (non-hydrogen) atoms. The van der Waals surface area contributed by atoms with Crippen molar-refractivity contribution in [2.75, 3.05) is 11.9 Å². The molecule has 0 amide bonds. The normalized spacial score (nSPS) is 11.4. The van der Waals surface area contributed by atoms with Gasteiger partial charge in [-0.1, -0.05) is 6.07 Å². The Morgan fingerprint density at radius 1 is 1.18 bits per heavy atom. The highest BCUT2D eigenvalue weighted by molar-refractivity contribution is 5.80. The monoisotopic (exact) mass is 292 g/mol. The van der Waals surface area contributed by atoms with E-state index >= 15 is 0 Å². The van der Waals surface area contributed by atoms with Crippen LogP contribution in [0.1, 0.15) is 12.5 Å². The third-order valence-electron chi connectivity index (χ3n) is 3.63. The van der Waals surface area contributed by atoms with Crippen molar-refractivity contribution in [2.45, 2.75) is 13.8 Å². The van der Waals surface area contributed by atoms with Crippen LogP contribution >= 0.6 is 0 Å². The van der Waals surface area contributed by atoms with Gasteiger partial charge in [-0.25, -0.2) is 4.98 Å². The molecule has 0 atom stereocenters. The molecule has 0 unspecified atom stereocenters. The number of pyridine rings is 1. The maximum absolute atomic E-state index is 5.71. The molecule has 1 N–H and O–H groups in total. The van der Waals surface area contributed by atoms with Gasteiger partial charge in [-0.15, -0.1) is 0 Å². The van der Waals surface area contributed by atoms with Gasteiger partial charge in [0.1, 0.15) is 11.2 Å². The van der Waals surface area contributed by atoms with E-state index in [9.17, 15) is 0 Å². The van der Waals surface area contributed by atoms with Gasteiger partial charge < -0.3 is 14.1 Å². The first-order valence-electron chi connectivity index (χ1n) is 7.33. The Morgan fingerprint density at radius 2 is 2.09 bits per heavy atom. The highest BCUT2D eigenvalue weighted by Crippen LogP contribution is 2.26. The van der Waals surface area contributed by atoms with Crippen LogP contribution in [0.5, 0.6) is 0 Å². The molecule has 3 aromatic heterocycles. The number of nitrogens with one attached hydrogen (secondary N) is 1. The van der Waals surface area contributed by atoms with Crippen molar-refractivity contribution in [2.24, 2.45) is 0 Å². The lowest BCUT2D eigenvalue weighted by molar-refractivity contribution is 0.616. The molecular formula is C17H16N4O. The van der Waals surface area contributed by atoms with Gasteiger partial charge in [0.05, 0.1) is 5.69 Å². The molecule has 0 spiro atoms. The van der Waals surface area contributed by atoms with Gasteiger partial charge in [0.2, 0.25) is 0 Å². The summed E-state index contributed by atoms with van der Waals surface area (Å²) in [5, 5.41) is 3.09. The van der Waals surface area contributed by atoms with Gasteiger partial charge in [0, 0.05) is 24.5 Å². The first-order chi connectivity index (χ1) is 10.7. The van der Waals surface area contributed by atoms with E-state index in [0.29, 0.717) is 6.01 Å². The van der Waals surface area contributed by atoms with Gasteiger partial charge in [0.25, 0.3) is 6.01 Å². The minimum absolute atomic E-state index is 0.556. The van der Waals surface area contributed by atoms with Crippen molar-refractivity contribution in [1.29, 1.82) is 0 Å². The van der Waals surface area contributed by atoms with Crippen molar-refractivity contribution in [1.82, 2.24) is 14.4 Å². The number of rotatable bonds is 3. The number of aromatic nitrogens is 3. The van der Waals surface area contributed by atoms with Gasteiger partial charge in [0.15, 0.2) is 5.58 Å². The van der Waals surface area contributed by atoms with E-state index in [1.807, 2.05) is 41.9 Å². The predicted octanol–water partition coefficient (Wildman–Crippen LogP) is 3.88. The van der Waals surface area contributed by atoms with Crippen molar-refractivity contribution in [3.63, 3.8) is 0 Å². The summed E-state index contributed by atoms with van der Waals surface area (Å²) in [4.78, 5) is 9.07. The number of imidazole rings is 1. The second-order valence-electron chi connectivity index (χ2n) is 5.33. The third kappa shape index (κ3) is 2.11. The topological polar surface area (TPSA) is 55.4 Å². The number of oxazole rings is 1. The van der Waals surface area contributed by atoms with Gasteiger partial charge in [-0.3, -0.25) is 0 Å². The molecule has 5 heteroatoms. The quantitative estimate of drug-likeness (QED) is 0.622. The summed E-state index contributed by atoms with van der Waals surface area (Å²) in [5.41, 5.74) is 5.70. The van der Waals surface area contributed by atoms with E-state index in [-0.39, 0.29) is 0 Å². The predicted molar refractivity (Wildman–Crippen MR) is 87.1 cm³/mol. The number of hydrogen-bond acceptors (Lipinski definition) is 4. The molecule has 0 aliphatic rings. The molecule has 110 valence electrons. The van der Waals surface area contributed by atoms with E-state index in [2.05, 4.69) is 34.3 Å². The summed E-state index contributed by atoms with van der Waals surface area (Å²) >= 11 is 0. The lowest BCUT2D eigenvalue weighted by Crippen LogP contribution is -1.95. The number of anilines is 1. The second-order valence-corrected chi connectivity index (χ2v) is 5.33. The first-order valence-corrected chi connectivity index (χ1v) is 7.33. The van der Waals surface area contributed by atoms with E-state index in [1.165, 1.54) is 5.56 Å². The summed E-state index contributed by atoms with van der Waals surface area (Å²) in [6.45, 7) is 4.86. The van der Waals surface area contributed by atoms with Crippen LogP contribution in [0.15, 0.2) is 47.1 Å². The molecular weight excluding hydrogens is 276 g/mol. The Hall–Kier alpha value is -2.82. The Kier molecular flexibility index (Phi) is 2.85. The van der Waals surface area contributed by atoms with Crippen molar-refractivity contribution < 1.29 is 4.42 Å². The molecule has 0 saturated heterocycles. The molecule has 3 heterocycles. The summed E-state index contributed by atoms with van der Waals surface area (Å²) in [5.74, 6) is 0. The van der Waals surface area contributed by atoms with E-state index in [0.717, 1.165) is 34.5 Å². The standard InChI is InChI=1S/C17H16N4O/c1-3-18-17-20-13-5-4-12(9-15(13)22-17)14-10-21-7-6-11(2)8-16(21)19-14/h4-10H,3H2,1-2H3,(H,18,20). The summed E-state index contributed by atoms with van der Waals surface area (Å²) in [6.07, 6.45) is 4.05. The average molecular weight is 292 g/mol. The Balaban J connectivity index is 1.81. The van der Waals surface area contributed by atoms with Crippen molar-refractivity contribution in [3.8, 4) is 11.3 Å². The van der Waals surface area contributed by atoms with Crippen LogP contribution in [0, 0.1) is 6.92 Å². The molecule has 4 aromatic rings. The number of fused-ring (bicyclic) bond motifs is 2. The van der Waals surface area contributed by atoms with Crippen molar-refractivity contribution >= 4 is 22.8 Å². The third-order valence-corrected chi connectivity index (χ3v) is 3.63. The lowest BCUT2D eigenvalue weighted by Gasteiger charge is -1.94. The van der Waals surface area contributed by atoms with Gasteiger partial charge in [-0.2, -0.15) is 4.98 Å². The van der Waals surface area contributed by atoms with E-state index in [1.54, 1.807) is 0 Å². The van der Waals surface area contributed by atoms with E-state index in [4.69, 9.17) is 4.42 Å². The minimum atomic E-state index is 0.556. The van der Waals surface area contributed by atoms with Gasteiger partial charge in [-0.05, 0) is 43.7 Å². The summed E-state index contributed by atoms with van der Waals surface area (Å²) < 4.78 is 7.73. The minimum Gasteiger partial charge on any atom is -0.424 e. The van der Waals surface area contributed by atoms with Crippen LogP contribution in [0.2, 0.25) is 0 Å². The maximum Gasteiger partial charge on any atom is 0.295 e. The fourth-order valence-corrected chi connectivity index (χ4v) is 2.53. The van der Waals surface area contributed by atoms with Crippen LogP contribution in [-0.2, 0) is 0 Å². The number of hydrogen-bond donors (Lipinski definition) is 1. The largest absolute Gasteiger partial charge is 0.424 e. The van der Waals surface area contributed by atoms with Gasteiger partial charge >= 0.3 is 0 Å². The summed E-state index contributed by atoms with van der Waals surface area (Å²) in [6, 6.07) is 10.7. The highest BCUT2D eigenvalue weighted by atomic mass is 16.4. The second kappa shape index (κ2) is 4.87. The zero-order chi connectivity index (χ0) is 15.1. The van der Waals surface area contributed by atoms with Crippen LogP contribution in [0.25, 0.3) is 28.0 Å². The Bertz CT molecular complexity index is 967. The number of nitrogens with zero attached hydrogens (tertiary/aromatic N) is 3. The van der Waals surface area contributed by atoms with E-state index < -0.39 is 0 Å². The van der Waals surface area contributed by atoms with Crippen LogP contribution in [0.4, 0.5) is 6.01 Å². The molecule has 5 nitrogen and oxygen atoms in total. The lowest BCUT2D eigenvalue weighted by atomic mass is 10.1. The zero-order valence-corrected chi connectivity index (χ0v) is 12.5. The zero-order valence-electron chi connectivity index (χ0n) is 12.5. The van der Waals surface area contributed by atoms with Crippen LogP contribution < -0.4 is 5.32 Å². The molecule has 0 aliphatic carbocycles. The number of benzene rings is 1. The maximum atomic E-state index is 5.71.